The molecule has 0 aliphatic carbocycles. The molecule has 8 heteroatoms. The number of guanidine groups is 1. The van der Waals surface area contributed by atoms with Crippen molar-refractivity contribution in [2.24, 2.45) is 4.99 Å². The molecule has 1 saturated heterocycles. The van der Waals surface area contributed by atoms with Gasteiger partial charge in [0.15, 0.2) is 5.96 Å². The van der Waals surface area contributed by atoms with E-state index in [2.05, 4.69) is 15.6 Å². The van der Waals surface area contributed by atoms with Gasteiger partial charge in [-0.2, -0.15) is 0 Å². The molecule has 24 heavy (non-hydrogen) atoms. The second kappa shape index (κ2) is 11.5. The summed E-state index contributed by atoms with van der Waals surface area (Å²) < 4.78 is 37.6. The third-order valence-electron chi connectivity index (χ3n) is 3.54. The first-order valence-corrected chi connectivity index (χ1v) is 7.77. The topological polar surface area (TPSA) is 54.9 Å². The third-order valence-corrected chi connectivity index (χ3v) is 3.54. The Kier molecular flexibility index (Phi) is 10.1. The average molecular weight is 455 g/mol. The van der Waals surface area contributed by atoms with Gasteiger partial charge in [0, 0.05) is 32.3 Å². The van der Waals surface area contributed by atoms with Crippen molar-refractivity contribution in [2.45, 2.75) is 25.5 Å². The van der Waals surface area contributed by atoms with E-state index in [1.165, 1.54) is 6.07 Å². The van der Waals surface area contributed by atoms with Gasteiger partial charge in [-0.15, -0.1) is 24.0 Å². The van der Waals surface area contributed by atoms with Crippen LogP contribution < -0.4 is 10.6 Å². The standard InChI is InChI=1S/C16H23F2N3O2.HI/c1-19-16(20-6-8-22-11-14-3-2-7-23-14)21-10-12-9-13(17)4-5-15(12)18;/h4-5,9,14H,2-3,6-8,10-11H2,1H3,(H2,19,20,21);1H. The van der Waals surface area contributed by atoms with Gasteiger partial charge in [-0.3, -0.25) is 4.99 Å². The molecule has 2 N–H and O–H groups in total. The van der Waals surface area contributed by atoms with Gasteiger partial charge in [0.05, 0.1) is 19.3 Å². The Morgan fingerprint density at radius 3 is 2.92 bits per heavy atom. The average Bonchev–Trinajstić information content (AvgIpc) is 3.06. The summed E-state index contributed by atoms with van der Waals surface area (Å²) in [4.78, 5) is 4.03. The van der Waals surface area contributed by atoms with Crippen LogP contribution >= 0.6 is 24.0 Å². The van der Waals surface area contributed by atoms with Crippen molar-refractivity contribution in [3.05, 3.63) is 35.4 Å². The first-order chi connectivity index (χ1) is 11.2. The highest BCUT2D eigenvalue weighted by Gasteiger charge is 2.14. The van der Waals surface area contributed by atoms with Crippen LogP contribution in [0.3, 0.4) is 0 Å². The molecule has 0 bridgehead atoms. The number of hydrogen-bond acceptors (Lipinski definition) is 3. The van der Waals surface area contributed by atoms with Crippen LogP contribution in [0.2, 0.25) is 0 Å². The summed E-state index contributed by atoms with van der Waals surface area (Å²) in [5, 5.41) is 5.99. The molecule has 1 atom stereocenters. The lowest BCUT2D eigenvalue weighted by Gasteiger charge is -2.13. The molecule has 1 aromatic carbocycles. The van der Waals surface area contributed by atoms with Gasteiger partial charge < -0.3 is 20.1 Å². The highest BCUT2D eigenvalue weighted by Crippen LogP contribution is 2.11. The molecule has 0 amide bonds. The summed E-state index contributed by atoms with van der Waals surface area (Å²) in [6.07, 6.45) is 2.36. The zero-order valence-electron chi connectivity index (χ0n) is 13.7. The van der Waals surface area contributed by atoms with E-state index in [1.54, 1.807) is 7.05 Å². The van der Waals surface area contributed by atoms with Crippen LogP contribution in [0.25, 0.3) is 0 Å². The zero-order chi connectivity index (χ0) is 16.5. The first-order valence-electron chi connectivity index (χ1n) is 7.77. The Hall–Kier alpha value is -1.00. The van der Waals surface area contributed by atoms with Crippen LogP contribution in [0.4, 0.5) is 8.78 Å². The Balaban J connectivity index is 0.00000288. The molecule has 0 aromatic heterocycles. The highest BCUT2D eigenvalue weighted by molar-refractivity contribution is 14.0. The number of nitrogens with one attached hydrogen (secondary N) is 2. The number of benzene rings is 1. The predicted molar refractivity (Wildman–Crippen MR) is 99.8 cm³/mol. The molecule has 1 aliphatic rings. The summed E-state index contributed by atoms with van der Waals surface area (Å²) in [6, 6.07) is 3.37. The SMILES string of the molecule is CN=C(NCCOCC1CCCO1)NCc1cc(F)ccc1F.I. The van der Waals surface area contributed by atoms with Crippen LogP contribution in [0, 0.1) is 11.6 Å². The smallest absolute Gasteiger partial charge is 0.191 e. The van der Waals surface area contributed by atoms with E-state index in [1.807, 2.05) is 0 Å². The number of ether oxygens (including phenoxy) is 2. The molecule has 0 saturated carbocycles. The van der Waals surface area contributed by atoms with Crippen molar-refractivity contribution >= 4 is 29.9 Å². The number of aliphatic imine (C=N–C) groups is 1. The van der Waals surface area contributed by atoms with Gasteiger partial charge >= 0.3 is 0 Å². The summed E-state index contributed by atoms with van der Waals surface area (Å²) >= 11 is 0. The number of hydrogen-bond donors (Lipinski definition) is 2. The van der Waals surface area contributed by atoms with E-state index in [0.29, 0.717) is 25.7 Å². The van der Waals surface area contributed by atoms with Crippen molar-refractivity contribution in [3.8, 4) is 0 Å². The summed E-state index contributed by atoms with van der Waals surface area (Å²) in [5.41, 5.74) is 0.252. The number of nitrogens with zero attached hydrogens (tertiary/aromatic N) is 1. The number of rotatable bonds is 7. The van der Waals surface area contributed by atoms with Crippen LogP contribution in [0.15, 0.2) is 23.2 Å². The molecule has 0 radical (unpaired) electrons. The number of halogens is 3. The summed E-state index contributed by atoms with van der Waals surface area (Å²) in [7, 11) is 1.62. The van der Waals surface area contributed by atoms with Crippen LogP contribution in [-0.2, 0) is 16.0 Å². The molecule has 0 spiro atoms. The van der Waals surface area contributed by atoms with Crippen LogP contribution in [0.5, 0.6) is 0 Å². The molecular weight excluding hydrogens is 431 g/mol. The summed E-state index contributed by atoms with van der Waals surface area (Å²) in [6.45, 7) is 2.66. The normalized spacial score (nSPS) is 17.5. The van der Waals surface area contributed by atoms with E-state index in [9.17, 15) is 8.78 Å². The van der Waals surface area contributed by atoms with Crippen molar-refractivity contribution in [1.29, 1.82) is 0 Å². The summed E-state index contributed by atoms with van der Waals surface area (Å²) in [5.74, 6) is -0.405. The van der Waals surface area contributed by atoms with Crippen LogP contribution in [-0.4, -0.2) is 45.5 Å². The first kappa shape index (κ1) is 21.0. The minimum Gasteiger partial charge on any atom is -0.377 e. The fourth-order valence-electron chi connectivity index (χ4n) is 2.31. The van der Waals surface area contributed by atoms with Crippen LogP contribution in [0.1, 0.15) is 18.4 Å². The molecule has 1 fully saturated rings. The fourth-order valence-corrected chi connectivity index (χ4v) is 2.31. The van der Waals surface area contributed by atoms with Crippen molar-refractivity contribution in [2.75, 3.05) is 33.4 Å². The van der Waals surface area contributed by atoms with Gasteiger partial charge in [0.1, 0.15) is 11.6 Å². The Morgan fingerprint density at radius 2 is 2.21 bits per heavy atom. The molecule has 2 rings (SSSR count). The van der Waals surface area contributed by atoms with E-state index in [0.717, 1.165) is 31.6 Å². The second-order valence-corrected chi connectivity index (χ2v) is 5.30. The van der Waals surface area contributed by atoms with E-state index < -0.39 is 11.6 Å². The van der Waals surface area contributed by atoms with Crippen molar-refractivity contribution < 1.29 is 18.3 Å². The van der Waals surface area contributed by atoms with E-state index in [-0.39, 0.29) is 42.2 Å². The minimum atomic E-state index is -0.464. The quantitative estimate of drug-likeness (QED) is 0.287. The van der Waals surface area contributed by atoms with Gasteiger partial charge in [0.2, 0.25) is 0 Å². The van der Waals surface area contributed by atoms with Crippen molar-refractivity contribution in [1.82, 2.24) is 10.6 Å². The van der Waals surface area contributed by atoms with Gasteiger partial charge in [-0.1, -0.05) is 0 Å². The van der Waals surface area contributed by atoms with Gasteiger partial charge in [-0.05, 0) is 31.0 Å². The fraction of sp³-hybridized carbons (Fsp3) is 0.562. The molecule has 1 aliphatic heterocycles. The second-order valence-electron chi connectivity index (χ2n) is 5.30. The molecule has 5 nitrogen and oxygen atoms in total. The molecule has 1 heterocycles. The monoisotopic (exact) mass is 455 g/mol. The maximum atomic E-state index is 13.5. The molecule has 1 unspecified atom stereocenters. The molecule has 136 valence electrons. The lowest BCUT2D eigenvalue weighted by Crippen LogP contribution is -2.38. The Labute approximate surface area is 158 Å². The maximum absolute atomic E-state index is 13.5. The zero-order valence-corrected chi connectivity index (χ0v) is 16.0. The van der Waals surface area contributed by atoms with Crippen molar-refractivity contribution in [3.63, 3.8) is 0 Å². The molecule has 1 aromatic rings. The van der Waals surface area contributed by atoms with E-state index in [4.69, 9.17) is 9.47 Å². The minimum absolute atomic E-state index is 0. The van der Waals surface area contributed by atoms with Gasteiger partial charge in [0.25, 0.3) is 0 Å². The highest BCUT2D eigenvalue weighted by atomic mass is 127. The third kappa shape index (κ3) is 7.27. The Morgan fingerprint density at radius 1 is 1.38 bits per heavy atom. The largest absolute Gasteiger partial charge is 0.377 e. The van der Waals surface area contributed by atoms with E-state index >= 15 is 0 Å². The molecular formula is C16H24F2IN3O2. The lowest BCUT2D eigenvalue weighted by atomic mass is 10.2. The Bertz CT molecular complexity index is 526. The maximum Gasteiger partial charge on any atom is 0.191 e. The van der Waals surface area contributed by atoms with Gasteiger partial charge in [-0.25, -0.2) is 8.78 Å². The lowest BCUT2D eigenvalue weighted by molar-refractivity contribution is 0.0191. The predicted octanol–water partition coefficient (Wildman–Crippen LogP) is 2.44.